The standard InChI is InChI=1S/C28H38N4O7S/c1-3-38-27(36)28(11-15-37-2)16-21-7-9-23(10-8-21)39-18-25(34)29-12-5-14-32(13-4-6-24(33)30-20-28)26(35)22-17-31-40-19-22/h7-10,17,19H,3-6,11-16,18,20H2,1-2H3,(H,29,34)(H,30,33). The topological polar surface area (TPSA) is 136 Å². The predicted octanol–water partition coefficient (Wildman–Crippen LogP) is 2.21. The van der Waals surface area contributed by atoms with Crippen molar-refractivity contribution in [2.24, 2.45) is 5.41 Å². The van der Waals surface area contributed by atoms with E-state index in [-0.39, 0.29) is 43.9 Å². The summed E-state index contributed by atoms with van der Waals surface area (Å²) in [6, 6.07) is 7.16. The summed E-state index contributed by atoms with van der Waals surface area (Å²) in [5.74, 6) is -0.555. The molecule has 3 heterocycles. The number of aromatic nitrogens is 1. The van der Waals surface area contributed by atoms with Crippen LogP contribution in [0.5, 0.6) is 5.75 Å². The summed E-state index contributed by atoms with van der Waals surface area (Å²) in [5.41, 5.74) is 0.296. The lowest BCUT2D eigenvalue weighted by molar-refractivity contribution is -0.156. The van der Waals surface area contributed by atoms with E-state index in [0.717, 1.165) is 5.56 Å². The van der Waals surface area contributed by atoms with Crippen molar-refractivity contribution in [3.63, 3.8) is 0 Å². The molecule has 1 aromatic carbocycles. The van der Waals surface area contributed by atoms with Crippen molar-refractivity contribution >= 4 is 35.2 Å². The van der Waals surface area contributed by atoms with Crippen molar-refractivity contribution in [2.45, 2.75) is 39.0 Å². The van der Waals surface area contributed by atoms with Crippen molar-refractivity contribution in [3.8, 4) is 5.75 Å². The maximum absolute atomic E-state index is 13.3. The van der Waals surface area contributed by atoms with E-state index in [9.17, 15) is 19.2 Å². The Hall–Kier alpha value is -3.51. The number of amides is 3. The van der Waals surface area contributed by atoms with Gasteiger partial charge in [-0.1, -0.05) is 12.1 Å². The van der Waals surface area contributed by atoms with Gasteiger partial charge in [0.15, 0.2) is 6.61 Å². The summed E-state index contributed by atoms with van der Waals surface area (Å²) in [7, 11) is 1.56. The molecule has 0 saturated carbocycles. The zero-order valence-electron chi connectivity index (χ0n) is 23.1. The van der Waals surface area contributed by atoms with Crippen molar-refractivity contribution in [1.29, 1.82) is 0 Å². The average molecular weight is 575 g/mol. The number of benzene rings is 1. The largest absolute Gasteiger partial charge is 0.484 e. The van der Waals surface area contributed by atoms with E-state index in [0.29, 0.717) is 63.2 Å². The second kappa shape index (κ2) is 15.9. The van der Waals surface area contributed by atoms with Gasteiger partial charge in [-0.05, 0) is 61.8 Å². The van der Waals surface area contributed by atoms with Crippen molar-refractivity contribution in [3.05, 3.63) is 47.0 Å². The Labute approximate surface area is 238 Å². The van der Waals surface area contributed by atoms with Crippen LogP contribution in [0.15, 0.2) is 35.8 Å². The zero-order chi connectivity index (χ0) is 28.8. The van der Waals surface area contributed by atoms with Crippen LogP contribution in [0.2, 0.25) is 0 Å². The molecule has 2 aromatic rings. The van der Waals surface area contributed by atoms with Gasteiger partial charge in [0.1, 0.15) is 5.75 Å². The minimum absolute atomic E-state index is 0.0790. The number of hydrogen-bond acceptors (Lipinski definition) is 9. The minimum atomic E-state index is -1.04. The number of ether oxygens (including phenoxy) is 3. The minimum Gasteiger partial charge on any atom is -0.484 e. The lowest BCUT2D eigenvalue weighted by Crippen LogP contribution is -2.46. The molecule has 0 fully saturated rings. The predicted molar refractivity (Wildman–Crippen MR) is 149 cm³/mol. The summed E-state index contributed by atoms with van der Waals surface area (Å²) in [6.45, 7) is 3.34. The molecule has 218 valence electrons. The number of hydrogen-bond donors (Lipinski definition) is 2. The molecule has 3 amide bonds. The lowest BCUT2D eigenvalue weighted by atomic mass is 9.78. The van der Waals surface area contributed by atoms with Gasteiger partial charge in [0, 0.05) is 51.7 Å². The third-order valence-corrected chi connectivity index (χ3v) is 7.26. The molecular formula is C28H38N4O7S. The normalized spacial score (nSPS) is 19.7. The first-order valence-electron chi connectivity index (χ1n) is 13.5. The number of methoxy groups -OCH3 is 1. The smallest absolute Gasteiger partial charge is 0.314 e. The van der Waals surface area contributed by atoms with Crippen LogP contribution in [0.25, 0.3) is 0 Å². The van der Waals surface area contributed by atoms with Crippen LogP contribution in [0.3, 0.4) is 0 Å². The van der Waals surface area contributed by atoms with Gasteiger partial charge < -0.3 is 29.7 Å². The van der Waals surface area contributed by atoms with E-state index < -0.39 is 11.4 Å². The van der Waals surface area contributed by atoms with Gasteiger partial charge in [-0.25, -0.2) is 4.37 Å². The van der Waals surface area contributed by atoms with Gasteiger partial charge in [0.25, 0.3) is 11.8 Å². The van der Waals surface area contributed by atoms with Crippen LogP contribution in [0.4, 0.5) is 0 Å². The van der Waals surface area contributed by atoms with Crippen molar-refractivity contribution < 1.29 is 33.4 Å². The molecule has 0 spiro atoms. The molecule has 0 saturated heterocycles. The summed E-state index contributed by atoms with van der Waals surface area (Å²) in [4.78, 5) is 53.1. The van der Waals surface area contributed by atoms with E-state index in [4.69, 9.17) is 14.2 Å². The molecule has 0 radical (unpaired) electrons. The molecule has 11 nitrogen and oxygen atoms in total. The highest BCUT2D eigenvalue weighted by atomic mass is 32.1. The molecular weight excluding hydrogens is 536 g/mol. The number of nitrogens with zero attached hydrogens (tertiary/aromatic N) is 2. The monoisotopic (exact) mass is 574 g/mol. The Bertz CT molecular complexity index is 1110. The molecule has 0 aliphatic carbocycles. The van der Waals surface area contributed by atoms with Gasteiger partial charge in [-0.3, -0.25) is 19.2 Å². The second-order valence-electron chi connectivity index (χ2n) is 9.64. The van der Waals surface area contributed by atoms with E-state index in [1.807, 2.05) is 12.1 Å². The molecule has 2 bridgehead atoms. The van der Waals surface area contributed by atoms with Gasteiger partial charge in [-0.2, -0.15) is 0 Å². The fourth-order valence-electron chi connectivity index (χ4n) is 4.45. The Morgan fingerprint density at radius 2 is 1.90 bits per heavy atom. The van der Waals surface area contributed by atoms with Crippen LogP contribution >= 0.6 is 11.5 Å². The number of fused-ring (bicyclic) bond motifs is 17. The second-order valence-corrected chi connectivity index (χ2v) is 10.3. The third-order valence-electron chi connectivity index (χ3n) is 6.68. The van der Waals surface area contributed by atoms with E-state index in [1.165, 1.54) is 17.7 Å². The van der Waals surface area contributed by atoms with E-state index in [1.54, 1.807) is 36.4 Å². The van der Waals surface area contributed by atoms with Crippen molar-refractivity contribution in [2.75, 3.05) is 53.1 Å². The Morgan fingerprint density at radius 3 is 2.60 bits per heavy atom. The summed E-state index contributed by atoms with van der Waals surface area (Å²) in [6.07, 6.45) is 3.33. The Morgan fingerprint density at radius 1 is 1.12 bits per heavy atom. The van der Waals surface area contributed by atoms with Crippen LogP contribution in [0, 0.1) is 5.41 Å². The SMILES string of the molecule is CCOC(=O)C1(CCOC)CNC(=O)CCCN(C(=O)c2cnsc2)CCCNC(=O)COc2ccc(cc2)C1. The summed E-state index contributed by atoms with van der Waals surface area (Å²) in [5, 5.41) is 7.43. The maximum atomic E-state index is 13.3. The number of rotatable bonds is 6. The molecule has 1 unspecified atom stereocenters. The molecule has 12 heteroatoms. The van der Waals surface area contributed by atoms with Gasteiger partial charge >= 0.3 is 5.97 Å². The number of esters is 1. The van der Waals surface area contributed by atoms with Crippen LogP contribution < -0.4 is 15.4 Å². The first-order chi connectivity index (χ1) is 19.4. The highest BCUT2D eigenvalue weighted by Crippen LogP contribution is 2.30. The molecule has 4 rings (SSSR count). The van der Waals surface area contributed by atoms with Gasteiger partial charge in [-0.15, -0.1) is 0 Å². The lowest BCUT2D eigenvalue weighted by Gasteiger charge is -2.32. The van der Waals surface area contributed by atoms with Crippen LogP contribution in [0.1, 0.15) is 48.5 Å². The average Bonchev–Trinajstić information content (AvgIpc) is 3.50. The molecule has 1 atom stereocenters. The first kappa shape index (κ1) is 31.0. The number of nitrogens with one attached hydrogen (secondary N) is 2. The van der Waals surface area contributed by atoms with E-state index in [2.05, 4.69) is 15.0 Å². The van der Waals surface area contributed by atoms with Gasteiger partial charge in [0.05, 0.1) is 23.8 Å². The maximum Gasteiger partial charge on any atom is 0.314 e. The Balaban J connectivity index is 1.81. The first-order valence-corrected chi connectivity index (χ1v) is 14.3. The number of carbonyl (C=O) groups is 4. The fraction of sp³-hybridized carbons (Fsp3) is 0.536. The Kier molecular flexibility index (Phi) is 12.4. The van der Waals surface area contributed by atoms with E-state index >= 15 is 0 Å². The molecule has 1 aromatic heterocycles. The third kappa shape index (κ3) is 9.30. The molecule has 2 aliphatic heterocycles. The zero-order valence-corrected chi connectivity index (χ0v) is 23.9. The molecule has 2 N–H and O–H groups in total. The highest BCUT2D eigenvalue weighted by Gasteiger charge is 2.40. The molecule has 40 heavy (non-hydrogen) atoms. The van der Waals surface area contributed by atoms with Crippen LogP contribution in [-0.2, 0) is 30.3 Å². The fourth-order valence-corrected chi connectivity index (χ4v) is 4.96. The number of carbonyl (C=O) groups excluding carboxylic acids is 4. The summed E-state index contributed by atoms with van der Waals surface area (Å²) < 4.78 is 20.4. The van der Waals surface area contributed by atoms with Gasteiger partial charge in [0.2, 0.25) is 5.91 Å². The molecule has 2 aliphatic rings. The quantitative estimate of drug-likeness (QED) is 0.502. The van der Waals surface area contributed by atoms with Crippen LogP contribution in [-0.4, -0.2) is 86.1 Å². The van der Waals surface area contributed by atoms with Crippen molar-refractivity contribution in [1.82, 2.24) is 19.9 Å². The summed E-state index contributed by atoms with van der Waals surface area (Å²) >= 11 is 1.20. The highest BCUT2D eigenvalue weighted by molar-refractivity contribution is 7.03.